The van der Waals surface area contributed by atoms with Crippen molar-refractivity contribution in [1.82, 2.24) is 23.6 Å². The third kappa shape index (κ3) is 4.59. The van der Waals surface area contributed by atoms with Crippen molar-refractivity contribution in [3.05, 3.63) is 42.5 Å². The molecule has 0 radical (unpaired) electrons. The maximum Gasteiger partial charge on any atom is 0.282 e. The zero-order valence-corrected chi connectivity index (χ0v) is 16.3. The van der Waals surface area contributed by atoms with Crippen LogP contribution in [0.15, 0.2) is 36.8 Å². The maximum atomic E-state index is 12.7. The summed E-state index contributed by atoms with van der Waals surface area (Å²) in [5.74, 6) is 0.484. The van der Waals surface area contributed by atoms with E-state index in [-0.39, 0.29) is 6.54 Å². The Balaban J connectivity index is 1.69. The van der Waals surface area contributed by atoms with Gasteiger partial charge in [0.15, 0.2) is 0 Å². The molecule has 0 bridgehead atoms. The van der Waals surface area contributed by atoms with Crippen LogP contribution in [-0.4, -0.2) is 64.8 Å². The van der Waals surface area contributed by atoms with Crippen molar-refractivity contribution in [2.24, 2.45) is 0 Å². The van der Waals surface area contributed by atoms with Gasteiger partial charge in [0.1, 0.15) is 6.10 Å². The Morgan fingerprint density at radius 1 is 1.22 bits per heavy atom. The maximum absolute atomic E-state index is 12.7. The number of rotatable bonds is 7. The molecule has 1 saturated heterocycles. The van der Waals surface area contributed by atoms with E-state index >= 15 is 0 Å². The lowest BCUT2D eigenvalue weighted by Crippen LogP contribution is -2.49. The molecule has 1 N–H and O–H groups in total. The lowest BCUT2D eigenvalue weighted by atomic mass is 10.2. The number of anilines is 2. The summed E-state index contributed by atoms with van der Waals surface area (Å²) in [5, 5.41) is 3.06. The second kappa shape index (κ2) is 8.70. The van der Waals surface area contributed by atoms with Crippen LogP contribution in [0.3, 0.4) is 0 Å². The summed E-state index contributed by atoms with van der Waals surface area (Å²) < 4.78 is 34.2. The normalized spacial score (nSPS) is 18.6. The fourth-order valence-corrected chi connectivity index (χ4v) is 4.50. The molecule has 1 fully saturated rings. The summed E-state index contributed by atoms with van der Waals surface area (Å²) in [6.07, 6.45) is 4.56. The summed E-state index contributed by atoms with van der Waals surface area (Å²) in [7, 11) is -3.48. The Morgan fingerprint density at radius 2 is 1.96 bits per heavy atom. The van der Waals surface area contributed by atoms with Crippen LogP contribution in [0, 0.1) is 0 Å². The fraction of sp³-hybridized carbons (Fsp3) is 0.471. The number of aromatic nitrogens is 3. The van der Waals surface area contributed by atoms with Gasteiger partial charge in [-0.3, -0.25) is 4.98 Å². The molecule has 3 heterocycles. The molecule has 2 aromatic heterocycles. The van der Waals surface area contributed by atoms with Crippen molar-refractivity contribution < 1.29 is 13.2 Å². The highest BCUT2D eigenvalue weighted by Crippen LogP contribution is 2.24. The van der Waals surface area contributed by atoms with Crippen LogP contribution >= 0.6 is 0 Å². The van der Waals surface area contributed by atoms with Crippen LogP contribution < -0.4 is 5.32 Å². The predicted octanol–water partition coefficient (Wildman–Crippen LogP) is 1.58. The van der Waals surface area contributed by atoms with Gasteiger partial charge in [0.05, 0.1) is 24.2 Å². The first-order chi connectivity index (χ1) is 13.0. The van der Waals surface area contributed by atoms with Crippen LogP contribution in [0.25, 0.3) is 0 Å². The molecule has 0 aliphatic carbocycles. The average Bonchev–Trinajstić information content (AvgIpc) is 2.70. The predicted molar refractivity (Wildman–Crippen MR) is 102 cm³/mol. The second-order valence-electron chi connectivity index (χ2n) is 5.98. The monoisotopic (exact) mass is 392 g/mol. The molecule has 0 amide bonds. The van der Waals surface area contributed by atoms with E-state index < -0.39 is 16.3 Å². The minimum atomic E-state index is -3.48. The standard InChI is InChI=1S/C17H24N6O3S/c1-3-22(4-2)27(24,25)23-10-11-26-16(13-23)15-7-6-14(12-20-15)21-17-18-8-5-9-19-17/h5-9,12,16H,3-4,10-11,13H2,1-2H3,(H,18,19,21). The number of nitrogens with one attached hydrogen (secondary N) is 1. The number of hydrogen-bond acceptors (Lipinski definition) is 7. The Kier molecular flexibility index (Phi) is 6.32. The van der Waals surface area contributed by atoms with E-state index in [0.717, 1.165) is 5.69 Å². The molecule has 10 heteroatoms. The summed E-state index contributed by atoms with van der Waals surface area (Å²) in [6, 6.07) is 5.41. The minimum Gasteiger partial charge on any atom is -0.369 e. The van der Waals surface area contributed by atoms with Gasteiger partial charge in [0, 0.05) is 38.6 Å². The molecular formula is C17H24N6O3S. The lowest BCUT2D eigenvalue weighted by Gasteiger charge is -2.34. The van der Waals surface area contributed by atoms with Crippen molar-refractivity contribution in [2.75, 3.05) is 38.1 Å². The third-order valence-electron chi connectivity index (χ3n) is 4.33. The fourth-order valence-electron chi connectivity index (χ4n) is 2.89. The van der Waals surface area contributed by atoms with Crippen molar-refractivity contribution in [3.8, 4) is 0 Å². The van der Waals surface area contributed by atoms with Crippen molar-refractivity contribution in [1.29, 1.82) is 0 Å². The van der Waals surface area contributed by atoms with Crippen LogP contribution in [0.1, 0.15) is 25.6 Å². The highest BCUT2D eigenvalue weighted by molar-refractivity contribution is 7.86. The molecule has 0 spiro atoms. The SMILES string of the molecule is CCN(CC)S(=O)(=O)N1CCOC(c2ccc(Nc3ncccn3)cn2)C1. The smallest absolute Gasteiger partial charge is 0.282 e. The Morgan fingerprint density at radius 3 is 2.59 bits per heavy atom. The molecule has 27 heavy (non-hydrogen) atoms. The van der Waals surface area contributed by atoms with Crippen molar-refractivity contribution >= 4 is 21.8 Å². The highest BCUT2D eigenvalue weighted by Gasteiger charge is 2.33. The Labute approximate surface area is 159 Å². The van der Waals surface area contributed by atoms with Gasteiger partial charge in [0.25, 0.3) is 10.2 Å². The topological polar surface area (TPSA) is 101 Å². The van der Waals surface area contributed by atoms with Crippen LogP contribution in [0.2, 0.25) is 0 Å². The van der Waals surface area contributed by atoms with Gasteiger partial charge in [0.2, 0.25) is 5.95 Å². The van der Waals surface area contributed by atoms with Crippen LogP contribution in [-0.2, 0) is 14.9 Å². The van der Waals surface area contributed by atoms with E-state index in [1.54, 1.807) is 24.7 Å². The molecule has 0 saturated carbocycles. The summed E-state index contributed by atoms with van der Waals surface area (Å²) in [5.41, 5.74) is 1.43. The van der Waals surface area contributed by atoms with Gasteiger partial charge in [-0.25, -0.2) is 9.97 Å². The second-order valence-corrected chi connectivity index (χ2v) is 7.91. The third-order valence-corrected chi connectivity index (χ3v) is 6.48. The van der Waals surface area contributed by atoms with Crippen LogP contribution in [0.4, 0.5) is 11.6 Å². The van der Waals surface area contributed by atoms with E-state index in [1.807, 2.05) is 26.0 Å². The van der Waals surface area contributed by atoms with Gasteiger partial charge in [-0.2, -0.15) is 17.0 Å². The van der Waals surface area contributed by atoms with Gasteiger partial charge < -0.3 is 10.1 Å². The number of nitrogens with zero attached hydrogens (tertiary/aromatic N) is 5. The van der Waals surface area contributed by atoms with Gasteiger partial charge >= 0.3 is 0 Å². The molecule has 1 atom stereocenters. The molecule has 2 aromatic rings. The lowest BCUT2D eigenvalue weighted by molar-refractivity contribution is -0.00657. The summed E-state index contributed by atoms with van der Waals surface area (Å²) >= 11 is 0. The van der Waals surface area contributed by atoms with Gasteiger partial charge in [-0.1, -0.05) is 13.8 Å². The largest absolute Gasteiger partial charge is 0.369 e. The van der Waals surface area contributed by atoms with Crippen molar-refractivity contribution in [3.63, 3.8) is 0 Å². The number of ether oxygens (including phenoxy) is 1. The average molecular weight is 392 g/mol. The summed E-state index contributed by atoms with van der Waals surface area (Å²) in [6.45, 7) is 5.50. The zero-order chi connectivity index (χ0) is 19.3. The zero-order valence-electron chi connectivity index (χ0n) is 15.4. The van der Waals surface area contributed by atoms with Gasteiger partial charge in [-0.15, -0.1) is 0 Å². The molecule has 3 rings (SSSR count). The Hall–Kier alpha value is -2.14. The molecule has 1 aliphatic rings. The highest BCUT2D eigenvalue weighted by atomic mass is 32.2. The van der Waals surface area contributed by atoms with E-state index in [9.17, 15) is 8.42 Å². The molecule has 146 valence electrons. The molecule has 1 aliphatic heterocycles. The molecule has 0 aromatic carbocycles. The first kappa shape index (κ1) is 19.6. The number of hydrogen-bond donors (Lipinski definition) is 1. The quantitative estimate of drug-likeness (QED) is 0.763. The van der Waals surface area contributed by atoms with Gasteiger partial charge in [-0.05, 0) is 18.2 Å². The first-order valence-electron chi connectivity index (χ1n) is 8.91. The van der Waals surface area contributed by atoms with Crippen LogP contribution in [0.5, 0.6) is 0 Å². The first-order valence-corrected chi connectivity index (χ1v) is 10.3. The van der Waals surface area contributed by atoms with E-state index in [1.165, 1.54) is 8.61 Å². The van der Waals surface area contributed by atoms with Crippen molar-refractivity contribution in [2.45, 2.75) is 20.0 Å². The van der Waals surface area contributed by atoms with E-state index in [0.29, 0.717) is 37.9 Å². The van der Waals surface area contributed by atoms with E-state index in [2.05, 4.69) is 20.3 Å². The molecular weight excluding hydrogens is 368 g/mol. The molecule has 9 nitrogen and oxygen atoms in total. The molecule has 1 unspecified atom stereocenters. The number of pyridine rings is 1. The number of morpholine rings is 1. The minimum absolute atomic E-state index is 0.250. The van der Waals surface area contributed by atoms with E-state index in [4.69, 9.17) is 4.74 Å². The Bertz CT molecular complexity index is 828. The summed E-state index contributed by atoms with van der Waals surface area (Å²) in [4.78, 5) is 12.6.